The third kappa shape index (κ3) is 4.04. The number of alkyl halides is 2. The lowest BCUT2D eigenvalue weighted by Gasteiger charge is -2.16. The number of rotatable bonds is 5. The Balaban J connectivity index is 1.68. The SMILES string of the molecule is CC1(C)Cc2cc(C(=O)NCc3cccnc3OC(F)F)ccc2O1. The van der Waals surface area contributed by atoms with Gasteiger partial charge >= 0.3 is 6.61 Å². The maximum atomic E-state index is 12.4. The Labute approximate surface area is 144 Å². The van der Waals surface area contributed by atoms with Gasteiger partial charge in [-0.1, -0.05) is 6.07 Å². The number of hydrogen-bond acceptors (Lipinski definition) is 4. The minimum absolute atomic E-state index is 0.0355. The molecule has 0 bridgehead atoms. The van der Waals surface area contributed by atoms with E-state index in [9.17, 15) is 13.6 Å². The fraction of sp³-hybridized carbons (Fsp3) is 0.333. The second kappa shape index (κ2) is 6.66. The predicted molar refractivity (Wildman–Crippen MR) is 86.9 cm³/mol. The minimum atomic E-state index is -2.97. The number of aromatic nitrogens is 1. The molecule has 2 aromatic rings. The van der Waals surface area contributed by atoms with Gasteiger partial charge in [-0.15, -0.1) is 0 Å². The Bertz CT molecular complexity index is 794. The molecule has 1 aromatic heterocycles. The lowest BCUT2D eigenvalue weighted by atomic mass is 10.00. The molecule has 1 aliphatic heterocycles. The van der Waals surface area contributed by atoms with Gasteiger partial charge in [0.1, 0.15) is 11.4 Å². The molecule has 0 spiro atoms. The van der Waals surface area contributed by atoms with Crippen molar-refractivity contribution in [3.8, 4) is 11.6 Å². The van der Waals surface area contributed by atoms with Gasteiger partial charge in [0.2, 0.25) is 5.88 Å². The van der Waals surface area contributed by atoms with E-state index in [4.69, 9.17) is 4.74 Å². The van der Waals surface area contributed by atoms with Crippen LogP contribution in [-0.4, -0.2) is 23.1 Å². The Morgan fingerprint density at radius 3 is 2.96 bits per heavy atom. The lowest BCUT2D eigenvalue weighted by Crippen LogP contribution is -2.24. The molecular weight excluding hydrogens is 330 g/mol. The molecular formula is C18H18F2N2O3. The zero-order valence-corrected chi connectivity index (χ0v) is 13.9. The Kier molecular flexibility index (Phi) is 4.57. The van der Waals surface area contributed by atoms with E-state index in [1.54, 1.807) is 30.3 Å². The van der Waals surface area contributed by atoms with Crippen molar-refractivity contribution in [2.24, 2.45) is 0 Å². The number of nitrogens with zero attached hydrogens (tertiary/aromatic N) is 1. The minimum Gasteiger partial charge on any atom is -0.487 e. The van der Waals surface area contributed by atoms with Gasteiger partial charge in [0.05, 0.1) is 0 Å². The second-order valence-electron chi connectivity index (χ2n) is 6.39. The van der Waals surface area contributed by atoms with Gasteiger partial charge in [-0.25, -0.2) is 4.98 Å². The first-order valence-corrected chi connectivity index (χ1v) is 7.83. The van der Waals surface area contributed by atoms with Gasteiger partial charge in [0.25, 0.3) is 5.91 Å². The van der Waals surface area contributed by atoms with E-state index in [-0.39, 0.29) is 23.9 Å². The topological polar surface area (TPSA) is 60.5 Å². The highest BCUT2D eigenvalue weighted by atomic mass is 19.3. The van der Waals surface area contributed by atoms with E-state index in [0.29, 0.717) is 11.1 Å². The summed E-state index contributed by atoms with van der Waals surface area (Å²) < 4.78 is 34.9. The standard InChI is InChI=1S/C18H18F2N2O3/c1-18(2)9-13-8-11(5-6-14(13)25-18)15(23)22-10-12-4-3-7-21-16(12)24-17(19)20/h3-8,17H,9-10H2,1-2H3,(H,22,23). The van der Waals surface area contributed by atoms with Crippen LogP contribution in [0, 0.1) is 0 Å². The van der Waals surface area contributed by atoms with Crippen molar-refractivity contribution in [3.63, 3.8) is 0 Å². The van der Waals surface area contributed by atoms with E-state index >= 15 is 0 Å². The molecule has 2 heterocycles. The van der Waals surface area contributed by atoms with Crippen LogP contribution < -0.4 is 14.8 Å². The van der Waals surface area contributed by atoms with Crippen molar-refractivity contribution in [2.75, 3.05) is 0 Å². The number of halogens is 2. The van der Waals surface area contributed by atoms with E-state index in [0.717, 1.165) is 17.7 Å². The molecule has 0 aliphatic carbocycles. The number of amides is 1. The molecule has 0 radical (unpaired) electrons. The molecule has 1 amide bonds. The number of hydrogen-bond donors (Lipinski definition) is 1. The summed E-state index contributed by atoms with van der Waals surface area (Å²) in [5.74, 6) is 0.280. The Morgan fingerprint density at radius 2 is 2.20 bits per heavy atom. The van der Waals surface area contributed by atoms with Crippen molar-refractivity contribution in [1.82, 2.24) is 10.3 Å². The molecule has 1 aromatic carbocycles. The fourth-order valence-corrected chi connectivity index (χ4v) is 2.78. The van der Waals surface area contributed by atoms with Crippen LogP contribution in [0.3, 0.4) is 0 Å². The summed E-state index contributed by atoms with van der Waals surface area (Å²) in [5.41, 5.74) is 1.55. The molecule has 7 heteroatoms. The number of fused-ring (bicyclic) bond motifs is 1. The highest BCUT2D eigenvalue weighted by Gasteiger charge is 2.30. The van der Waals surface area contributed by atoms with Gasteiger partial charge in [-0.3, -0.25) is 4.79 Å². The predicted octanol–water partition coefficient (Wildman–Crippen LogP) is 3.33. The lowest BCUT2D eigenvalue weighted by molar-refractivity contribution is -0.0535. The number of carbonyl (C=O) groups excluding carboxylic acids is 1. The van der Waals surface area contributed by atoms with E-state index < -0.39 is 6.61 Å². The largest absolute Gasteiger partial charge is 0.487 e. The smallest absolute Gasteiger partial charge is 0.388 e. The highest BCUT2D eigenvalue weighted by Crippen LogP contribution is 2.35. The van der Waals surface area contributed by atoms with Crippen LogP contribution in [0.1, 0.15) is 35.3 Å². The number of carbonyl (C=O) groups is 1. The maximum absolute atomic E-state index is 12.4. The maximum Gasteiger partial charge on any atom is 0.388 e. The van der Waals surface area contributed by atoms with Crippen LogP contribution in [0.25, 0.3) is 0 Å². The first-order valence-electron chi connectivity index (χ1n) is 7.83. The summed E-state index contributed by atoms with van der Waals surface area (Å²) in [6, 6.07) is 8.40. The molecule has 1 N–H and O–H groups in total. The highest BCUT2D eigenvalue weighted by molar-refractivity contribution is 5.94. The van der Waals surface area contributed by atoms with Crippen molar-refractivity contribution in [1.29, 1.82) is 0 Å². The van der Waals surface area contributed by atoms with Crippen molar-refractivity contribution in [2.45, 2.75) is 39.0 Å². The summed E-state index contributed by atoms with van der Waals surface area (Å²) in [5, 5.41) is 2.70. The molecule has 1 aliphatic rings. The van der Waals surface area contributed by atoms with E-state index in [2.05, 4.69) is 15.0 Å². The zero-order chi connectivity index (χ0) is 18.0. The van der Waals surface area contributed by atoms with Crippen LogP contribution in [0.2, 0.25) is 0 Å². The molecule has 5 nitrogen and oxygen atoms in total. The number of nitrogens with one attached hydrogen (secondary N) is 1. The quantitative estimate of drug-likeness (QED) is 0.900. The van der Waals surface area contributed by atoms with Crippen LogP contribution in [0.15, 0.2) is 36.5 Å². The molecule has 3 rings (SSSR count). The van der Waals surface area contributed by atoms with Gasteiger partial charge in [-0.05, 0) is 43.7 Å². The van der Waals surface area contributed by atoms with Gasteiger partial charge in [0, 0.05) is 30.3 Å². The average Bonchev–Trinajstić information content (AvgIpc) is 2.86. The van der Waals surface area contributed by atoms with Crippen LogP contribution in [0.4, 0.5) is 8.78 Å². The Hall–Kier alpha value is -2.70. The number of benzene rings is 1. The summed E-state index contributed by atoms with van der Waals surface area (Å²) in [6.07, 6.45) is 2.07. The van der Waals surface area contributed by atoms with Crippen molar-refractivity contribution in [3.05, 3.63) is 53.2 Å². The molecule has 0 saturated heterocycles. The molecule has 0 unspecified atom stereocenters. The van der Waals surface area contributed by atoms with Crippen LogP contribution in [-0.2, 0) is 13.0 Å². The molecule has 132 valence electrons. The summed E-state index contributed by atoms with van der Waals surface area (Å²) in [7, 11) is 0. The van der Waals surface area contributed by atoms with Crippen LogP contribution >= 0.6 is 0 Å². The molecule has 0 fully saturated rings. The number of pyridine rings is 1. The van der Waals surface area contributed by atoms with Gasteiger partial charge < -0.3 is 14.8 Å². The van der Waals surface area contributed by atoms with Crippen molar-refractivity contribution < 1.29 is 23.0 Å². The van der Waals surface area contributed by atoms with Crippen LogP contribution in [0.5, 0.6) is 11.6 Å². The van der Waals surface area contributed by atoms with Gasteiger partial charge in [-0.2, -0.15) is 8.78 Å². The van der Waals surface area contributed by atoms with E-state index in [1.807, 2.05) is 13.8 Å². The Morgan fingerprint density at radius 1 is 1.40 bits per heavy atom. The first-order chi connectivity index (χ1) is 11.8. The summed E-state index contributed by atoms with van der Waals surface area (Å²) in [4.78, 5) is 16.1. The summed E-state index contributed by atoms with van der Waals surface area (Å²) in [6.45, 7) is 1.04. The zero-order valence-electron chi connectivity index (χ0n) is 13.9. The molecule has 25 heavy (non-hydrogen) atoms. The van der Waals surface area contributed by atoms with Crippen molar-refractivity contribution >= 4 is 5.91 Å². The fourth-order valence-electron chi connectivity index (χ4n) is 2.78. The number of ether oxygens (including phenoxy) is 2. The molecule has 0 atom stereocenters. The van der Waals surface area contributed by atoms with Gasteiger partial charge in [0.15, 0.2) is 0 Å². The summed E-state index contributed by atoms with van der Waals surface area (Å²) >= 11 is 0. The normalized spacial score (nSPS) is 14.8. The average molecular weight is 348 g/mol. The third-order valence-corrected chi connectivity index (χ3v) is 3.82. The third-order valence-electron chi connectivity index (χ3n) is 3.82. The second-order valence-corrected chi connectivity index (χ2v) is 6.39. The molecule has 0 saturated carbocycles. The van der Waals surface area contributed by atoms with E-state index in [1.165, 1.54) is 6.20 Å². The monoisotopic (exact) mass is 348 g/mol. The first kappa shape index (κ1) is 17.1.